The molecule has 0 fully saturated rings. The van der Waals surface area contributed by atoms with Crippen LogP contribution in [0.2, 0.25) is 0 Å². The lowest BCUT2D eigenvalue weighted by atomic mass is 10.1. The molecule has 0 N–H and O–H groups in total. The monoisotopic (exact) mass is 226 g/mol. The van der Waals surface area contributed by atoms with E-state index in [1.165, 1.54) is 0 Å². The van der Waals surface area contributed by atoms with Gasteiger partial charge in [-0.1, -0.05) is 36.4 Å². The molecule has 0 bridgehead atoms. The SMILES string of the molecule is [S-]C1C(c2ccccc2)=Nc2cccc[n+]21. The second kappa shape index (κ2) is 3.76. The molecule has 1 unspecified atom stereocenters. The highest BCUT2D eigenvalue weighted by Crippen LogP contribution is 2.21. The highest BCUT2D eigenvalue weighted by atomic mass is 32.1. The van der Waals surface area contributed by atoms with E-state index in [1.807, 2.05) is 59.3 Å². The minimum absolute atomic E-state index is 0.0985. The van der Waals surface area contributed by atoms with E-state index in [0.717, 1.165) is 17.1 Å². The summed E-state index contributed by atoms with van der Waals surface area (Å²) in [7, 11) is 0. The van der Waals surface area contributed by atoms with Crippen molar-refractivity contribution in [2.45, 2.75) is 5.37 Å². The van der Waals surface area contributed by atoms with Crippen molar-refractivity contribution in [2.24, 2.45) is 4.99 Å². The summed E-state index contributed by atoms with van der Waals surface area (Å²) >= 11 is 5.49. The zero-order valence-electron chi connectivity index (χ0n) is 8.58. The fraction of sp³-hybridized carbons (Fsp3) is 0.0769. The molecule has 78 valence electrons. The largest absolute Gasteiger partial charge is 0.734 e. The molecule has 0 saturated heterocycles. The molecule has 1 aliphatic rings. The zero-order valence-corrected chi connectivity index (χ0v) is 9.39. The first-order valence-electron chi connectivity index (χ1n) is 5.16. The normalized spacial score (nSPS) is 18.1. The lowest BCUT2D eigenvalue weighted by Crippen LogP contribution is -2.38. The molecule has 2 aromatic rings. The van der Waals surface area contributed by atoms with Crippen LogP contribution in [0.3, 0.4) is 0 Å². The van der Waals surface area contributed by atoms with Crippen LogP contribution in [-0.2, 0) is 12.6 Å². The van der Waals surface area contributed by atoms with Crippen LogP contribution in [0, 0.1) is 0 Å². The number of rotatable bonds is 1. The molecule has 1 aliphatic heterocycles. The van der Waals surface area contributed by atoms with Gasteiger partial charge in [0, 0.05) is 11.6 Å². The van der Waals surface area contributed by atoms with Gasteiger partial charge in [-0.15, -0.1) is 0 Å². The van der Waals surface area contributed by atoms with Gasteiger partial charge >= 0.3 is 5.82 Å². The summed E-state index contributed by atoms with van der Waals surface area (Å²) in [6.45, 7) is 0. The fourth-order valence-electron chi connectivity index (χ4n) is 1.87. The van der Waals surface area contributed by atoms with E-state index in [4.69, 9.17) is 12.6 Å². The number of aromatic nitrogens is 1. The number of hydrogen-bond donors (Lipinski definition) is 0. The average molecular weight is 226 g/mol. The summed E-state index contributed by atoms with van der Waals surface area (Å²) in [6.07, 6.45) is 1.98. The maximum Gasteiger partial charge on any atom is 0.322 e. The Hall–Kier alpha value is -1.61. The number of pyridine rings is 1. The number of benzene rings is 1. The summed E-state index contributed by atoms with van der Waals surface area (Å²) in [4.78, 5) is 4.58. The Labute approximate surface area is 99.7 Å². The molecule has 2 nitrogen and oxygen atoms in total. The van der Waals surface area contributed by atoms with Crippen molar-refractivity contribution in [2.75, 3.05) is 0 Å². The van der Waals surface area contributed by atoms with Crippen LogP contribution >= 0.6 is 0 Å². The van der Waals surface area contributed by atoms with E-state index >= 15 is 0 Å². The van der Waals surface area contributed by atoms with Gasteiger partial charge in [-0.2, -0.15) is 0 Å². The Kier molecular flexibility index (Phi) is 2.26. The van der Waals surface area contributed by atoms with Crippen molar-refractivity contribution in [3.63, 3.8) is 0 Å². The molecule has 1 atom stereocenters. The molecule has 1 aromatic carbocycles. The van der Waals surface area contributed by atoms with Crippen LogP contribution in [0.25, 0.3) is 0 Å². The standard InChI is InChI=1S/C13H10N2S/c16-13-12(10-6-2-1-3-7-10)14-11-8-4-5-9-15(11)13/h1-9,13H. The molecule has 2 heterocycles. The van der Waals surface area contributed by atoms with Crippen molar-refractivity contribution in [1.82, 2.24) is 0 Å². The van der Waals surface area contributed by atoms with Gasteiger partial charge in [0.2, 0.25) is 0 Å². The Morgan fingerprint density at radius 3 is 2.50 bits per heavy atom. The molecule has 0 aliphatic carbocycles. The summed E-state index contributed by atoms with van der Waals surface area (Å²) in [5.41, 5.74) is 2.06. The summed E-state index contributed by atoms with van der Waals surface area (Å²) in [6, 6.07) is 16.0. The Morgan fingerprint density at radius 2 is 1.75 bits per heavy atom. The van der Waals surface area contributed by atoms with Gasteiger partial charge in [0.05, 0.1) is 11.6 Å². The van der Waals surface area contributed by atoms with Gasteiger partial charge in [-0.3, -0.25) is 0 Å². The Balaban J connectivity index is 2.09. The van der Waals surface area contributed by atoms with E-state index < -0.39 is 0 Å². The predicted molar refractivity (Wildman–Crippen MR) is 65.7 cm³/mol. The fourth-order valence-corrected chi connectivity index (χ4v) is 2.23. The van der Waals surface area contributed by atoms with Gasteiger partial charge in [-0.05, 0) is 11.1 Å². The molecule has 3 rings (SSSR count). The van der Waals surface area contributed by atoms with Gasteiger partial charge in [0.1, 0.15) is 0 Å². The maximum absolute atomic E-state index is 5.49. The first kappa shape index (κ1) is 9.60. The van der Waals surface area contributed by atoms with Crippen molar-refractivity contribution in [3.05, 3.63) is 60.3 Å². The van der Waals surface area contributed by atoms with Crippen LogP contribution in [0.5, 0.6) is 0 Å². The first-order chi connectivity index (χ1) is 7.86. The van der Waals surface area contributed by atoms with Crippen molar-refractivity contribution < 1.29 is 4.57 Å². The minimum Gasteiger partial charge on any atom is -0.734 e. The Morgan fingerprint density at radius 1 is 1.00 bits per heavy atom. The maximum atomic E-state index is 5.49. The topological polar surface area (TPSA) is 16.2 Å². The van der Waals surface area contributed by atoms with E-state index in [2.05, 4.69) is 4.99 Å². The van der Waals surface area contributed by atoms with Crippen molar-refractivity contribution in [1.29, 1.82) is 0 Å². The highest BCUT2D eigenvalue weighted by Gasteiger charge is 2.26. The van der Waals surface area contributed by atoms with Gasteiger partial charge in [0.15, 0.2) is 5.71 Å². The summed E-state index contributed by atoms with van der Waals surface area (Å²) in [5, 5.41) is -0.0985. The molecule has 0 amide bonds. The molecule has 0 spiro atoms. The number of fused-ring (bicyclic) bond motifs is 1. The molecule has 3 heteroatoms. The van der Waals surface area contributed by atoms with Crippen molar-refractivity contribution in [3.8, 4) is 0 Å². The highest BCUT2D eigenvalue weighted by molar-refractivity contribution is 7.59. The third kappa shape index (κ3) is 1.44. The lowest BCUT2D eigenvalue weighted by Gasteiger charge is -2.14. The lowest BCUT2D eigenvalue weighted by molar-refractivity contribution is -0.666. The Bertz CT molecular complexity index is 549. The van der Waals surface area contributed by atoms with Crippen LogP contribution in [0.15, 0.2) is 59.7 Å². The first-order valence-corrected chi connectivity index (χ1v) is 5.63. The summed E-state index contributed by atoms with van der Waals surface area (Å²) < 4.78 is 2.01. The minimum atomic E-state index is -0.0985. The molecule has 0 saturated carbocycles. The molecule has 0 radical (unpaired) electrons. The summed E-state index contributed by atoms with van der Waals surface area (Å²) in [5.74, 6) is 0.932. The van der Waals surface area contributed by atoms with E-state index in [9.17, 15) is 0 Å². The number of hydrogen-bond acceptors (Lipinski definition) is 2. The molecule has 1 aromatic heterocycles. The molecular weight excluding hydrogens is 216 g/mol. The second-order valence-electron chi connectivity index (χ2n) is 3.68. The quantitative estimate of drug-likeness (QED) is 0.537. The number of nitrogens with zero attached hydrogens (tertiary/aromatic N) is 2. The van der Waals surface area contributed by atoms with Gasteiger partial charge in [-0.25, -0.2) is 4.57 Å². The molecule has 16 heavy (non-hydrogen) atoms. The predicted octanol–water partition coefficient (Wildman–Crippen LogP) is 2.15. The van der Waals surface area contributed by atoms with Gasteiger partial charge < -0.3 is 12.6 Å². The average Bonchev–Trinajstić information content (AvgIpc) is 2.69. The van der Waals surface area contributed by atoms with E-state index in [0.29, 0.717) is 0 Å². The van der Waals surface area contributed by atoms with Crippen LogP contribution in [-0.4, -0.2) is 5.71 Å². The third-order valence-electron chi connectivity index (χ3n) is 2.66. The van der Waals surface area contributed by atoms with Crippen LogP contribution < -0.4 is 4.57 Å². The number of aliphatic imine (C=N–C) groups is 1. The van der Waals surface area contributed by atoms with Crippen molar-refractivity contribution >= 4 is 24.2 Å². The third-order valence-corrected chi connectivity index (χ3v) is 3.11. The molecular formula is C13H10N2S. The van der Waals surface area contributed by atoms with E-state index in [-0.39, 0.29) is 5.37 Å². The van der Waals surface area contributed by atoms with Crippen LogP contribution in [0.1, 0.15) is 10.9 Å². The van der Waals surface area contributed by atoms with Gasteiger partial charge in [0.25, 0.3) is 0 Å². The van der Waals surface area contributed by atoms with Crippen LogP contribution in [0.4, 0.5) is 5.82 Å². The second-order valence-corrected chi connectivity index (χ2v) is 4.13. The smallest absolute Gasteiger partial charge is 0.322 e. The zero-order chi connectivity index (χ0) is 11.0. The van der Waals surface area contributed by atoms with E-state index in [1.54, 1.807) is 0 Å².